The van der Waals surface area contributed by atoms with E-state index in [1.54, 1.807) is 32.9 Å². The van der Waals surface area contributed by atoms with Crippen LogP contribution in [0.5, 0.6) is 5.75 Å². The molecule has 0 radical (unpaired) electrons. The zero-order valence-electron chi connectivity index (χ0n) is 17.9. The molecule has 0 unspecified atom stereocenters. The highest BCUT2D eigenvalue weighted by Gasteiger charge is 2.28. The third kappa shape index (κ3) is 8.51. The summed E-state index contributed by atoms with van der Waals surface area (Å²) in [5.74, 6) is 0.447. The third-order valence-electron chi connectivity index (χ3n) is 4.71. The van der Waals surface area contributed by atoms with Crippen LogP contribution >= 0.6 is 0 Å². The fourth-order valence-electron chi connectivity index (χ4n) is 2.69. The summed E-state index contributed by atoms with van der Waals surface area (Å²) < 4.78 is 28.9. The van der Waals surface area contributed by atoms with Crippen molar-refractivity contribution in [1.82, 2.24) is 0 Å². The lowest BCUT2D eigenvalue weighted by molar-refractivity contribution is -0.385. The van der Waals surface area contributed by atoms with E-state index >= 15 is 0 Å². The van der Waals surface area contributed by atoms with Gasteiger partial charge < -0.3 is 4.74 Å². The molecule has 1 aromatic carbocycles. The van der Waals surface area contributed by atoms with Gasteiger partial charge in [0.2, 0.25) is 0 Å². The Labute approximate surface area is 173 Å². The van der Waals surface area contributed by atoms with Crippen molar-refractivity contribution in [2.45, 2.75) is 77.4 Å². The Morgan fingerprint density at radius 3 is 2.41 bits per heavy atom. The maximum Gasteiger partial charge on any atom is 0.276 e. The minimum absolute atomic E-state index is 0.00809. The standard InChI is InChI=1S/C21H33NO6S/c1-5-6-13-28-19-12-11-17(20(16-19)22(24)25)15-18(23)10-8-7-9-14-29(26,27)21(2,3)4/h11-12,16H,5-10,13-15H2,1-4H3. The van der Waals surface area contributed by atoms with E-state index in [1.165, 1.54) is 6.07 Å². The number of Topliss-reactive ketones (excluding diaryl/α,β-unsaturated/α-hetero) is 1. The Morgan fingerprint density at radius 2 is 1.83 bits per heavy atom. The van der Waals surface area contributed by atoms with Crippen LogP contribution in [-0.2, 0) is 21.1 Å². The van der Waals surface area contributed by atoms with Crippen LogP contribution in [0.1, 0.15) is 71.8 Å². The average molecular weight is 428 g/mol. The molecule has 0 aliphatic carbocycles. The van der Waals surface area contributed by atoms with Gasteiger partial charge in [0.1, 0.15) is 11.5 Å². The van der Waals surface area contributed by atoms with E-state index in [1.807, 2.05) is 6.92 Å². The lowest BCUT2D eigenvalue weighted by Gasteiger charge is -2.18. The SMILES string of the molecule is CCCCOc1ccc(CC(=O)CCCCCS(=O)(=O)C(C)(C)C)c([N+](=O)[O-])c1. The first kappa shape index (κ1) is 25.1. The molecule has 0 N–H and O–H groups in total. The Bertz CT molecular complexity index is 796. The molecule has 0 atom stereocenters. The molecule has 29 heavy (non-hydrogen) atoms. The van der Waals surface area contributed by atoms with Gasteiger partial charge in [0.15, 0.2) is 9.84 Å². The van der Waals surface area contributed by atoms with E-state index in [0.29, 0.717) is 37.2 Å². The fraction of sp³-hybridized carbons (Fsp3) is 0.667. The number of unbranched alkanes of at least 4 members (excludes halogenated alkanes) is 3. The molecule has 7 nitrogen and oxygen atoms in total. The zero-order valence-corrected chi connectivity index (χ0v) is 18.7. The summed E-state index contributed by atoms with van der Waals surface area (Å²) in [6, 6.07) is 4.60. The maximum atomic E-state index is 12.2. The predicted octanol–water partition coefficient (Wildman–Crippen LogP) is 4.66. The van der Waals surface area contributed by atoms with Crippen LogP contribution < -0.4 is 4.74 Å². The Hall–Kier alpha value is -1.96. The largest absolute Gasteiger partial charge is 0.493 e. The van der Waals surface area contributed by atoms with Gasteiger partial charge in [-0.05, 0) is 52.2 Å². The number of hydrogen-bond donors (Lipinski definition) is 0. The lowest BCUT2D eigenvalue weighted by Crippen LogP contribution is -2.30. The van der Waals surface area contributed by atoms with Crippen LogP contribution in [-0.4, -0.2) is 36.2 Å². The maximum absolute atomic E-state index is 12.2. The van der Waals surface area contributed by atoms with Gasteiger partial charge in [-0.2, -0.15) is 0 Å². The first-order valence-electron chi connectivity index (χ1n) is 10.1. The summed E-state index contributed by atoms with van der Waals surface area (Å²) in [6.07, 6.45) is 3.82. The molecule has 0 fully saturated rings. The van der Waals surface area contributed by atoms with Crippen LogP contribution in [0.15, 0.2) is 18.2 Å². The van der Waals surface area contributed by atoms with Crippen LogP contribution in [0.4, 0.5) is 5.69 Å². The molecule has 0 spiro atoms. The minimum atomic E-state index is -3.15. The van der Waals surface area contributed by atoms with Gasteiger partial charge in [-0.15, -0.1) is 0 Å². The highest BCUT2D eigenvalue weighted by atomic mass is 32.2. The van der Waals surface area contributed by atoms with Crippen LogP contribution in [0.2, 0.25) is 0 Å². The highest BCUT2D eigenvalue weighted by molar-refractivity contribution is 7.92. The van der Waals surface area contributed by atoms with Crippen molar-refractivity contribution in [2.75, 3.05) is 12.4 Å². The summed E-state index contributed by atoms with van der Waals surface area (Å²) in [7, 11) is -3.15. The minimum Gasteiger partial charge on any atom is -0.493 e. The summed E-state index contributed by atoms with van der Waals surface area (Å²) in [5.41, 5.74) is 0.266. The molecule has 0 aromatic heterocycles. The monoisotopic (exact) mass is 427 g/mol. The molecule has 0 amide bonds. The summed E-state index contributed by atoms with van der Waals surface area (Å²) in [5, 5.41) is 11.3. The summed E-state index contributed by atoms with van der Waals surface area (Å²) in [6.45, 7) is 7.57. The molecule has 0 saturated heterocycles. The second-order valence-corrected chi connectivity index (χ2v) is 11.1. The Kier molecular flexibility index (Phi) is 9.76. The van der Waals surface area contributed by atoms with E-state index < -0.39 is 19.5 Å². The molecule has 0 aliphatic heterocycles. The lowest BCUT2D eigenvalue weighted by atomic mass is 10.0. The van der Waals surface area contributed by atoms with Crippen LogP contribution in [0.25, 0.3) is 0 Å². The van der Waals surface area contributed by atoms with E-state index in [-0.39, 0.29) is 30.1 Å². The average Bonchev–Trinajstić information content (AvgIpc) is 2.61. The van der Waals surface area contributed by atoms with Gasteiger partial charge in [0.25, 0.3) is 5.69 Å². The van der Waals surface area contributed by atoms with Gasteiger partial charge in [0, 0.05) is 18.4 Å². The number of carbonyl (C=O) groups is 1. The second kappa shape index (κ2) is 11.3. The van der Waals surface area contributed by atoms with Crippen LogP contribution in [0, 0.1) is 10.1 Å². The molecule has 1 aromatic rings. The number of ketones is 1. The zero-order chi connectivity index (χ0) is 22.1. The number of nitro groups is 1. The third-order valence-corrected chi connectivity index (χ3v) is 7.40. The van der Waals surface area contributed by atoms with Crippen molar-refractivity contribution >= 4 is 21.3 Å². The van der Waals surface area contributed by atoms with Gasteiger partial charge in [-0.25, -0.2) is 8.42 Å². The molecular formula is C21H33NO6S. The Morgan fingerprint density at radius 1 is 1.14 bits per heavy atom. The van der Waals surface area contributed by atoms with E-state index in [2.05, 4.69) is 0 Å². The molecule has 0 heterocycles. The molecule has 0 saturated carbocycles. The summed E-state index contributed by atoms with van der Waals surface area (Å²) >= 11 is 0. The molecule has 0 bridgehead atoms. The normalized spacial score (nSPS) is 12.0. The van der Waals surface area contributed by atoms with Crippen LogP contribution in [0.3, 0.4) is 0 Å². The number of carbonyl (C=O) groups excluding carboxylic acids is 1. The first-order chi connectivity index (χ1) is 13.5. The van der Waals surface area contributed by atoms with Gasteiger partial charge in [-0.1, -0.05) is 19.8 Å². The van der Waals surface area contributed by atoms with E-state index in [0.717, 1.165) is 12.8 Å². The quantitative estimate of drug-likeness (QED) is 0.258. The van der Waals surface area contributed by atoms with E-state index in [4.69, 9.17) is 4.74 Å². The molecule has 1 rings (SSSR count). The molecular weight excluding hydrogens is 394 g/mol. The van der Waals surface area contributed by atoms with Gasteiger partial charge in [-0.3, -0.25) is 14.9 Å². The number of rotatable bonds is 13. The Balaban J connectivity index is 2.54. The smallest absolute Gasteiger partial charge is 0.276 e. The van der Waals surface area contributed by atoms with Gasteiger partial charge in [0.05, 0.1) is 28.1 Å². The number of sulfone groups is 1. The van der Waals surface area contributed by atoms with E-state index in [9.17, 15) is 23.3 Å². The van der Waals surface area contributed by atoms with Crippen molar-refractivity contribution in [2.24, 2.45) is 0 Å². The fourth-order valence-corrected chi connectivity index (χ4v) is 3.88. The van der Waals surface area contributed by atoms with Crippen molar-refractivity contribution < 1.29 is 22.9 Å². The highest BCUT2D eigenvalue weighted by Crippen LogP contribution is 2.26. The first-order valence-corrected chi connectivity index (χ1v) is 11.8. The number of benzene rings is 1. The second-order valence-electron chi connectivity index (χ2n) is 8.21. The van der Waals surface area contributed by atoms with Crippen molar-refractivity contribution in [3.8, 4) is 5.75 Å². The number of nitro benzene ring substituents is 1. The van der Waals surface area contributed by atoms with Gasteiger partial charge >= 0.3 is 0 Å². The van der Waals surface area contributed by atoms with Crippen molar-refractivity contribution in [3.05, 3.63) is 33.9 Å². The predicted molar refractivity (Wildman–Crippen MR) is 114 cm³/mol. The number of hydrogen-bond acceptors (Lipinski definition) is 6. The molecule has 8 heteroatoms. The van der Waals surface area contributed by atoms with Crippen molar-refractivity contribution in [3.63, 3.8) is 0 Å². The summed E-state index contributed by atoms with van der Waals surface area (Å²) in [4.78, 5) is 23.1. The number of nitrogens with zero attached hydrogens (tertiary/aromatic N) is 1. The van der Waals surface area contributed by atoms with Crippen molar-refractivity contribution in [1.29, 1.82) is 0 Å². The molecule has 164 valence electrons. The topological polar surface area (TPSA) is 104 Å². The number of ether oxygens (including phenoxy) is 1. The molecule has 0 aliphatic rings.